The highest BCUT2D eigenvalue weighted by Crippen LogP contribution is 2.23. The summed E-state index contributed by atoms with van der Waals surface area (Å²) >= 11 is 0. The molecule has 4 heteroatoms. The van der Waals surface area contributed by atoms with Gasteiger partial charge in [0.25, 0.3) is 0 Å². The lowest BCUT2D eigenvalue weighted by atomic mass is 10.1. The summed E-state index contributed by atoms with van der Waals surface area (Å²) in [5, 5.41) is 13.0. The van der Waals surface area contributed by atoms with Crippen molar-refractivity contribution in [3.8, 4) is 5.75 Å². The molecule has 0 fully saturated rings. The third kappa shape index (κ3) is 5.59. The number of ether oxygens (including phenoxy) is 2. The van der Waals surface area contributed by atoms with E-state index in [1.54, 1.807) is 0 Å². The highest BCUT2D eigenvalue weighted by atomic mass is 16.5. The predicted molar refractivity (Wildman–Crippen MR) is 76.6 cm³/mol. The first-order valence-electron chi connectivity index (χ1n) is 6.86. The van der Waals surface area contributed by atoms with Gasteiger partial charge >= 0.3 is 0 Å². The largest absolute Gasteiger partial charge is 0.490 e. The highest BCUT2D eigenvalue weighted by Gasteiger charge is 2.10. The van der Waals surface area contributed by atoms with Gasteiger partial charge in [0.05, 0.1) is 6.61 Å². The number of aliphatic hydroxyl groups is 1. The summed E-state index contributed by atoms with van der Waals surface area (Å²) in [5.41, 5.74) is 2.20. The van der Waals surface area contributed by atoms with Crippen molar-refractivity contribution in [3.63, 3.8) is 0 Å². The Morgan fingerprint density at radius 2 is 2.05 bits per heavy atom. The molecule has 1 atom stereocenters. The van der Waals surface area contributed by atoms with Gasteiger partial charge in [-0.3, -0.25) is 0 Å². The van der Waals surface area contributed by atoms with Crippen LogP contribution in [0, 0.1) is 6.92 Å². The average molecular weight is 267 g/mol. The van der Waals surface area contributed by atoms with Gasteiger partial charge in [0.15, 0.2) is 0 Å². The van der Waals surface area contributed by atoms with E-state index in [4.69, 9.17) is 9.47 Å². The molecule has 0 saturated carbocycles. The Bertz CT molecular complexity index is 368. The van der Waals surface area contributed by atoms with E-state index in [-0.39, 0.29) is 6.61 Å². The van der Waals surface area contributed by atoms with Crippen LogP contribution in [0.2, 0.25) is 0 Å². The van der Waals surface area contributed by atoms with Crippen molar-refractivity contribution in [3.05, 3.63) is 29.3 Å². The number of aryl methyl sites for hydroxylation is 1. The van der Waals surface area contributed by atoms with E-state index < -0.39 is 6.10 Å². The quantitative estimate of drug-likeness (QED) is 0.717. The second-order valence-electron chi connectivity index (χ2n) is 4.47. The van der Waals surface area contributed by atoms with Gasteiger partial charge in [0, 0.05) is 18.7 Å². The second-order valence-corrected chi connectivity index (χ2v) is 4.47. The normalized spacial score (nSPS) is 12.4. The minimum atomic E-state index is -0.591. The van der Waals surface area contributed by atoms with Gasteiger partial charge in [-0.2, -0.15) is 0 Å². The first kappa shape index (κ1) is 16.0. The summed E-state index contributed by atoms with van der Waals surface area (Å²) in [4.78, 5) is 0. The minimum Gasteiger partial charge on any atom is -0.490 e. The molecule has 2 N–H and O–H groups in total. The van der Waals surface area contributed by atoms with Crippen molar-refractivity contribution >= 4 is 0 Å². The molecule has 19 heavy (non-hydrogen) atoms. The number of rotatable bonds is 9. The van der Waals surface area contributed by atoms with E-state index in [0.717, 1.165) is 30.0 Å². The van der Waals surface area contributed by atoms with Crippen molar-refractivity contribution in [2.24, 2.45) is 0 Å². The summed E-state index contributed by atoms with van der Waals surface area (Å²) in [6.07, 6.45) is -0.591. The molecule has 0 heterocycles. The summed E-state index contributed by atoms with van der Waals surface area (Å²) in [6.45, 7) is 8.85. The Kier molecular flexibility index (Phi) is 7.48. The molecule has 0 bridgehead atoms. The van der Waals surface area contributed by atoms with E-state index in [1.165, 1.54) is 0 Å². The fourth-order valence-electron chi connectivity index (χ4n) is 1.80. The van der Waals surface area contributed by atoms with Gasteiger partial charge < -0.3 is 19.9 Å². The van der Waals surface area contributed by atoms with Crippen LogP contribution in [0.3, 0.4) is 0 Å². The maximum absolute atomic E-state index is 9.73. The van der Waals surface area contributed by atoms with E-state index in [1.807, 2.05) is 32.0 Å². The average Bonchev–Trinajstić information content (AvgIpc) is 2.41. The Balaban J connectivity index is 2.60. The second kappa shape index (κ2) is 8.91. The molecule has 0 saturated heterocycles. The Morgan fingerprint density at radius 1 is 1.26 bits per heavy atom. The molecule has 0 aliphatic rings. The molecule has 4 nitrogen and oxygen atoms in total. The van der Waals surface area contributed by atoms with Gasteiger partial charge in [0.1, 0.15) is 18.5 Å². The Morgan fingerprint density at radius 3 is 2.74 bits per heavy atom. The number of para-hydroxylation sites is 1. The zero-order valence-corrected chi connectivity index (χ0v) is 12.1. The molecule has 1 aromatic rings. The number of aliphatic hydroxyl groups excluding tert-OH is 1. The monoisotopic (exact) mass is 267 g/mol. The van der Waals surface area contributed by atoms with Crippen LogP contribution in [0.5, 0.6) is 5.75 Å². The maximum atomic E-state index is 9.73. The third-order valence-corrected chi connectivity index (χ3v) is 2.79. The first-order chi connectivity index (χ1) is 9.19. The van der Waals surface area contributed by atoms with Gasteiger partial charge in [-0.05, 0) is 26.0 Å². The minimum absolute atomic E-state index is 0.254. The van der Waals surface area contributed by atoms with Crippen LogP contribution in [0.4, 0.5) is 0 Å². The number of benzene rings is 1. The fourth-order valence-corrected chi connectivity index (χ4v) is 1.80. The van der Waals surface area contributed by atoms with Gasteiger partial charge in [-0.25, -0.2) is 0 Å². The molecular formula is C15H25NO3. The molecule has 0 spiro atoms. The molecule has 1 rings (SSSR count). The van der Waals surface area contributed by atoms with Gasteiger partial charge in [-0.15, -0.1) is 0 Å². The molecular weight excluding hydrogens is 242 g/mol. The SMILES string of the molecule is CCNCc1cccc(C)c1OCC(O)COCC. The molecule has 0 amide bonds. The summed E-state index contributed by atoms with van der Waals surface area (Å²) in [5.74, 6) is 0.860. The van der Waals surface area contributed by atoms with E-state index >= 15 is 0 Å². The van der Waals surface area contributed by atoms with Crippen LogP contribution in [-0.4, -0.2) is 37.6 Å². The maximum Gasteiger partial charge on any atom is 0.126 e. The van der Waals surface area contributed by atoms with E-state index in [0.29, 0.717) is 13.2 Å². The predicted octanol–water partition coefficient (Wildman–Crippen LogP) is 1.88. The van der Waals surface area contributed by atoms with Crippen LogP contribution in [0.25, 0.3) is 0 Å². The molecule has 1 unspecified atom stereocenters. The molecule has 0 aromatic heterocycles. The van der Waals surface area contributed by atoms with Crippen LogP contribution in [0.1, 0.15) is 25.0 Å². The molecule has 0 aliphatic heterocycles. The summed E-state index contributed by atoms with van der Waals surface area (Å²) < 4.78 is 10.9. The molecule has 0 radical (unpaired) electrons. The van der Waals surface area contributed by atoms with E-state index in [9.17, 15) is 5.11 Å². The van der Waals surface area contributed by atoms with Crippen molar-refractivity contribution in [1.29, 1.82) is 0 Å². The number of hydrogen-bond donors (Lipinski definition) is 2. The summed E-state index contributed by atoms with van der Waals surface area (Å²) in [6, 6.07) is 6.07. The van der Waals surface area contributed by atoms with Crippen molar-refractivity contribution in [2.75, 3.05) is 26.4 Å². The Hall–Kier alpha value is -1.10. The van der Waals surface area contributed by atoms with E-state index in [2.05, 4.69) is 12.2 Å². The molecule has 1 aromatic carbocycles. The fraction of sp³-hybridized carbons (Fsp3) is 0.600. The van der Waals surface area contributed by atoms with Crippen molar-refractivity contribution in [1.82, 2.24) is 5.32 Å². The number of nitrogens with one attached hydrogen (secondary N) is 1. The lowest BCUT2D eigenvalue weighted by Gasteiger charge is -2.17. The lowest BCUT2D eigenvalue weighted by Crippen LogP contribution is -2.24. The summed E-state index contributed by atoms with van der Waals surface area (Å²) in [7, 11) is 0. The van der Waals surface area contributed by atoms with Crippen LogP contribution in [0.15, 0.2) is 18.2 Å². The third-order valence-electron chi connectivity index (χ3n) is 2.79. The van der Waals surface area contributed by atoms with Crippen LogP contribution >= 0.6 is 0 Å². The smallest absolute Gasteiger partial charge is 0.126 e. The van der Waals surface area contributed by atoms with Crippen LogP contribution < -0.4 is 10.1 Å². The van der Waals surface area contributed by atoms with Crippen molar-refractivity contribution in [2.45, 2.75) is 33.4 Å². The van der Waals surface area contributed by atoms with Crippen LogP contribution in [-0.2, 0) is 11.3 Å². The standard InChI is InChI=1S/C15H25NO3/c1-4-16-9-13-8-6-7-12(3)15(13)19-11-14(17)10-18-5-2/h6-8,14,16-17H,4-5,9-11H2,1-3H3. The molecule has 108 valence electrons. The van der Waals surface area contributed by atoms with Gasteiger partial charge in [0.2, 0.25) is 0 Å². The highest BCUT2D eigenvalue weighted by molar-refractivity contribution is 5.40. The topological polar surface area (TPSA) is 50.7 Å². The van der Waals surface area contributed by atoms with Gasteiger partial charge in [-0.1, -0.05) is 25.1 Å². The molecule has 0 aliphatic carbocycles. The lowest BCUT2D eigenvalue weighted by molar-refractivity contribution is 0.0161. The number of hydrogen-bond acceptors (Lipinski definition) is 4. The zero-order valence-electron chi connectivity index (χ0n) is 12.1. The Labute approximate surface area is 115 Å². The first-order valence-corrected chi connectivity index (χ1v) is 6.86. The van der Waals surface area contributed by atoms with Crippen molar-refractivity contribution < 1.29 is 14.6 Å². The zero-order chi connectivity index (χ0) is 14.1.